The van der Waals surface area contributed by atoms with E-state index in [2.05, 4.69) is 33.3 Å². The van der Waals surface area contributed by atoms with Gasteiger partial charge in [-0.15, -0.1) is 11.6 Å². The lowest BCUT2D eigenvalue weighted by Crippen LogP contribution is -2.27. The molecule has 0 saturated carbocycles. The molecule has 0 aromatic carbocycles. The van der Waals surface area contributed by atoms with Crippen molar-refractivity contribution in [2.75, 3.05) is 25.5 Å². The van der Waals surface area contributed by atoms with Crippen molar-refractivity contribution in [1.29, 1.82) is 0 Å². The summed E-state index contributed by atoms with van der Waals surface area (Å²) in [4.78, 5) is 11.4. The molecule has 0 atom stereocenters. The van der Waals surface area contributed by atoms with E-state index >= 15 is 0 Å². The maximum absolute atomic E-state index is 5.98. The number of alkyl halides is 1. The van der Waals surface area contributed by atoms with Crippen molar-refractivity contribution in [1.82, 2.24) is 19.4 Å². The fourth-order valence-electron chi connectivity index (χ4n) is 2.32. The molecule has 0 spiro atoms. The summed E-state index contributed by atoms with van der Waals surface area (Å²) in [6.45, 7) is 8.30. The number of rotatable bonds is 7. The monoisotopic (exact) mass is 314 g/mol. The fraction of sp³-hybridized carbons (Fsp3) is 0.571. The Morgan fingerprint density at radius 1 is 1.30 bits per heavy atom. The second-order valence-electron chi connectivity index (χ2n) is 4.64. The molecule has 0 bridgehead atoms. The van der Waals surface area contributed by atoms with E-state index in [0.29, 0.717) is 10.9 Å². The van der Waals surface area contributed by atoms with E-state index in [1.165, 1.54) is 0 Å². The van der Waals surface area contributed by atoms with Crippen LogP contribution in [0.25, 0.3) is 11.2 Å². The molecule has 2 rings (SSSR count). The molecule has 0 unspecified atom stereocenters. The first kappa shape index (κ1) is 15.5. The van der Waals surface area contributed by atoms with Crippen LogP contribution < -0.4 is 0 Å². The molecule has 0 amide bonds. The zero-order chi connectivity index (χ0) is 14.5. The number of pyridine rings is 1. The highest BCUT2D eigenvalue weighted by Crippen LogP contribution is 2.18. The summed E-state index contributed by atoms with van der Waals surface area (Å²) in [7, 11) is 0. The van der Waals surface area contributed by atoms with Crippen molar-refractivity contribution in [2.24, 2.45) is 0 Å². The van der Waals surface area contributed by atoms with E-state index in [9.17, 15) is 0 Å². The average Bonchev–Trinajstić information content (AvgIpc) is 2.77. The number of aromatic nitrogens is 3. The maximum atomic E-state index is 5.98. The predicted octanol–water partition coefficient (Wildman–Crippen LogP) is 3.21. The lowest BCUT2D eigenvalue weighted by atomic mass is 10.4. The Morgan fingerprint density at radius 3 is 2.70 bits per heavy atom. The lowest BCUT2D eigenvalue weighted by molar-refractivity contribution is 0.290. The van der Waals surface area contributed by atoms with Crippen molar-refractivity contribution < 1.29 is 0 Å². The summed E-state index contributed by atoms with van der Waals surface area (Å²) in [6, 6.07) is 1.86. The van der Waals surface area contributed by atoms with Crippen LogP contribution in [-0.2, 0) is 13.0 Å². The molecule has 0 aliphatic carbocycles. The normalized spacial score (nSPS) is 11.7. The van der Waals surface area contributed by atoms with Gasteiger partial charge in [0, 0.05) is 31.6 Å². The predicted molar refractivity (Wildman–Crippen MR) is 84.8 cm³/mol. The van der Waals surface area contributed by atoms with Gasteiger partial charge < -0.3 is 9.47 Å². The standard InChI is InChI=1S/C14H20Cl2N4/c1-3-19(4-2)7-8-20-13(5-6-15)18-12-9-11(16)10-17-14(12)20/h9-10H,3-8H2,1-2H3. The molecule has 6 heteroatoms. The Morgan fingerprint density at radius 2 is 2.05 bits per heavy atom. The van der Waals surface area contributed by atoms with Crippen molar-refractivity contribution in [3.05, 3.63) is 23.1 Å². The van der Waals surface area contributed by atoms with Gasteiger partial charge in [-0.25, -0.2) is 9.97 Å². The van der Waals surface area contributed by atoms with Gasteiger partial charge >= 0.3 is 0 Å². The lowest BCUT2D eigenvalue weighted by Gasteiger charge is -2.19. The summed E-state index contributed by atoms with van der Waals surface area (Å²) >= 11 is 11.9. The van der Waals surface area contributed by atoms with Gasteiger partial charge in [0.05, 0.1) is 5.02 Å². The largest absolute Gasteiger partial charge is 0.311 e. The van der Waals surface area contributed by atoms with Gasteiger partial charge in [-0.05, 0) is 19.2 Å². The number of imidazole rings is 1. The molecule has 2 aromatic heterocycles. The number of hydrogen-bond acceptors (Lipinski definition) is 3. The van der Waals surface area contributed by atoms with Gasteiger partial charge in [0.25, 0.3) is 0 Å². The van der Waals surface area contributed by atoms with Crippen LogP contribution in [0.1, 0.15) is 19.7 Å². The van der Waals surface area contributed by atoms with E-state index in [0.717, 1.165) is 49.6 Å². The molecule has 0 saturated heterocycles. The van der Waals surface area contributed by atoms with Gasteiger partial charge in [0.2, 0.25) is 0 Å². The highest BCUT2D eigenvalue weighted by atomic mass is 35.5. The summed E-state index contributed by atoms with van der Waals surface area (Å²) in [5, 5.41) is 0.614. The summed E-state index contributed by atoms with van der Waals surface area (Å²) < 4.78 is 2.16. The minimum Gasteiger partial charge on any atom is -0.311 e. The van der Waals surface area contributed by atoms with E-state index in [4.69, 9.17) is 23.2 Å². The van der Waals surface area contributed by atoms with Crippen LogP contribution in [-0.4, -0.2) is 44.9 Å². The molecule has 0 radical (unpaired) electrons. The number of hydrogen-bond donors (Lipinski definition) is 0. The van der Waals surface area contributed by atoms with Crippen LogP contribution in [0.15, 0.2) is 12.3 Å². The van der Waals surface area contributed by atoms with E-state index in [1.807, 2.05) is 6.07 Å². The number of fused-ring (bicyclic) bond motifs is 1. The van der Waals surface area contributed by atoms with Gasteiger partial charge in [-0.3, -0.25) is 0 Å². The molecule has 2 aromatic rings. The first-order chi connectivity index (χ1) is 9.69. The van der Waals surface area contributed by atoms with E-state index in [1.54, 1.807) is 6.20 Å². The smallest absolute Gasteiger partial charge is 0.160 e. The van der Waals surface area contributed by atoms with Crippen molar-refractivity contribution in [3.8, 4) is 0 Å². The minimum absolute atomic E-state index is 0.558. The molecule has 0 aliphatic rings. The maximum Gasteiger partial charge on any atom is 0.160 e. The third-order valence-corrected chi connectivity index (χ3v) is 3.88. The van der Waals surface area contributed by atoms with Crippen LogP contribution in [0.2, 0.25) is 5.02 Å². The number of nitrogens with zero attached hydrogens (tertiary/aromatic N) is 4. The van der Waals surface area contributed by atoms with Gasteiger partial charge in [-0.2, -0.15) is 0 Å². The zero-order valence-corrected chi connectivity index (χ0v) is 13.5. The Labute approximate surface area is 129 Å². The number of aryl methyl sites for hydroxylation is 1. The molecule has 2 heterocycles. The molecular weight excluding hydrogens is 295 g/mol. The van der Waals surface area contributed by atoms with Gasteiger partial charge in [0.15, 0.2) is 5.65 Å². The average molecular weight is 315 g/mol. The molecule has 0 fully saturated rings. The molecule has 0 aliphatic heterocycles. The molecule has 110 valence electrons. The minimum atomic E-state index is 0.558. The van der Waals surface area contributed by atoms with Crippen LogP contribution in [0, 0.1) is 0 Å². The molecule has 0 N–H and O–H groups in total. The van der Waals surface area contributed by atoms with E-state index in [-0.39, 0.29) is 0 Å². The quantitative estimate of drug-likeness (QED) is 0.736. The molecule has 20 heavy (non-hydrogen) atoms. The van der Waals surface area contributed by atoms with Gasteiger partial charge in [-0.1, -0.05) is 25.4 Å². The summed E-state index contributed by atoms with van der Waals surface area (Å²) in [6.07, 6.45) is 2.41. The summed E-state index contributed by atoms with van der Waals surface area (Å²) in [5.74, 6) is 1.54. The Kier molecular flexibility index (Phi) is 5.64. The number of halogens is 2. The second-order valence-corrected chi connectivity index (χ2v) is 5.46. The third kappa shape index (κ3) is 3.43. The van der Waals surface area contributed by atoms with Crippen molar-refractivity contribution >= 4 is 34.4 Å². The fourth-order valence-corrected chi connectivity index (χ4v) is 2.65. The topological polar surface area (TPSA) is 34.0 Å². The second kappa shape index (κ2) is 7.25. The van der Waals surface area contributed by atoms with Crippen LogP contribution in [0.5, 0.6) is 0 Å². The van der Waals surface area contributed by atoms with Crippen molar-refractivity contribution in [3.63, 3.8) is 0 Å². The molecular formula is C14H20Cl2N4. The zero-order valence-electron chi connectivity index (χ0n) is 11.9. The highest BCUT2D eigenvalue weighted by Gasteiger charge is 2.12. The van der Waals surface area contributed by atoms with Crippen LogP contribution >= 0.6 is 23.2 Å². The SMILES string of the molecule is CCN(CC)CCn1c(CCCl)nc2cc(Cl)cnc21. The Hall–Kier alpha value is -0.840. The first-order valence-corrected chi connectivity index (χ1v) is 7.89. The number of likely N-dealkylation sites (N-methyl/N-ethyl adjacent to an activating group) is 1. The highest BCUT2D eigenvalue weighted by molar-refractivity contribution is 6.31. The van der Waals surface area contributed by atoms with Crippen LogP contribution in [0.4, 0.5) is 0 Å². The van der Waals surface area contributed by atoms with Crippen LogP contribution in [0.3, 0.4) is 0 Å². The van der Waals surface area contributed by atoms with Gasteiger partial charge in [0.1, 0.15) is 11.3 Å². The van der Waals surface area contributed by atoms with E-state index < -0.39 is 0 Å². The van der Waals surface area contributed by atoms with Crippen molar-refractivity contribution in [2.45, 2.75) is 26.8 Å². The molecule has 4 nitrogen and oxygen atoms in total. The first-order valence-electron chi connectivity index (χ1n) is 6.98. The summed E-state index contributed by atoms with van der Waals surface area (Å²) in [5.41, 5.74) is 1.74. The Balaban J connectivity index is 2.30. The Bertz CT molecular complexity index is 564. The third-order valence-electron chi connectivity index (χ3n) is 3.48.